The molecule has 0 fully saturated rings. The van der Waals surface area contributed by atoms with Crippen LogP contribution in [0.25, 0.3) is 0 Å². The van der Waals surface area contributed by atoms with Crippen molar-refractivity contribution >= 4 is 0 Å². The largest absolute Gasteiger partial charge is 0.394 e. The van der Waals surface area contributed by atoms with Crippen molar-refractivity contribution in [1.82, 2.24) is 0 Å². The van der Waals surface area contributed by atoms with Crippen molar-refractivity contribution in [1.29, 1.82) is 0 Å². The molecule has 0 aromatic heterocycles. The first kappa shape index (κ1) is 22.9. The lowest BCUT2D eigenvalue weighted by Gasteiger charge is -2.34. The highest BCUT2D eigenvalue weighted by Crippen LogP contribution is 2.32. The third-order valence-electron chi connectivity index (χ3n) is 5.03. The molecule has 0 aromatic rings. The Morgan fingerprint density at radius 3 is 1.70 bits per heavy atom. The Balaban J connectivity index is 4.75. The van der Waals surface area contributed by atoms with Gasteiger partial charge in [-0.2, -0.15) is 0 Å². The van der Waals surface area contributed by atoms with Crippen molar-refractivity contribution in [2.45, 2.75) is 97.5 Å². The van der Waals surface area contributed by atoms with Crippen LogP contribution in [-0.2, 0) is 4.74 Å². The third-order valence-corrected chi connectivity index (χ3v) is 5.03. The minimum atomic E-state index is -0.738. The number of unbranched alkanes of at least 4 members (excludes halogenated alkanes) is 2. The van der Waals surface area contributed by atoms with Crippen LogP contribution in [0.15, 0.2) is 0 Å². The lowest BCUT2D eigenvalue weighted by atomic mass is 9.79. The molecule has 0 spiro atoms. The van der Waals surface area contributed by atoms with Gasteiger partial charge >= 0.3 is 0 Å². The maximum absolute atomic E-state index is 11.2. The third kappa shape index (κ3) is 11.1. The van der Waals surface area contributed by atoms with Crippen LogP contribution in [0.1, 0.15) is 91.9 Å². The van der Waals surface area contributed by atoms with Gasteiger partial charge in [-0.15, -0.1) is 0 Å². The molecular formula is C20H42O3. The number of hydrogen-bond donors (Lipinski definition) is 2. The highest BCUT2D eigenvalue weighted by Gasteiger charge is 2.32. The number of rotatable bonds is 16. The lowest BCUT2D eigenvalue weighted by molar-refractivity contribution is -0.0812. The van der Waals surface area contributed by atoms with E-state index in [1.807, 2.05) is 0 Å². The maximum Gasteiger partial charge on any atom is 0.0885 e. The topological polar surface area (TPSA) is 49.7 Å². The van der Waals surface area contributed by atoms with E-state index in [1.54, 1.807) is 0 Å². The molecular weight excluding hydrogens is 288 g/mol. The first-order valence-electron chi connectivity index (χ1n) is 9.96. The van der Waals surface area contributed by atoms with Gasteiger partial charge in [-0.05, 0) is 24.7 Å². The number of aliphatic hydroxyl groups excluding tert-OH is 1. The van der Waals surface area contributed by atoms with Crippen LogP contribution in [0.5, 0.6) is 0 Å². The van der Waals surface area contributed by atoms with Gasteiger partial charge in [0.1, 0.15) is 0 Å². The van der Waals surface area contributed by atoms with E-state index in [0.717, 1.165) is 25.7 Å². The average molecular weight is 331 g/mol. The molecule has 0 rings (SSSR count). The van der Waals surface area contributed by atoms with Crippen LogP contribution in [0.3, 0.4) is 0 Å². The zero-order chi connectivity index (χ0) is 17.6. The number of hydrogen-bond acceptors (Lipinski definition) is 3. The van der Waals surface area contributed by atoms with Crippen molar-refractivity contribution < 1.29 is 14.9 Å². The summed E-state index contributed by atoms with van der Waals surface area (Å²) in [6.07, 6.45) is 11.2. The molecule has 0 bridgehead atoms. The monoisotopic (exact) mass is 330 g/mol. The standard InChI is InChI=1S/C20H42O3/c1-5-9-11-18(7-3)15-20(22,17-23-14-13-21)16-19(8-4)12-10-6-2/h18-19,21-22H,5-17H2,1-4H3. The molecule has 2 N–H and O–H groups in total. The van der Waals surface area contributed by atoms with Gasteiger partial charge in [-0.3, -0.25) is 0 Å². The second-order valence-electron chi connectivity index (χ2n) is 7.24. The van der Waals surface area contributed by atoms with E-state index < -0.39 is 5.60 Å². The van der Waals surface area contributed by atoms with Gasteiger partial charge in [-0.1, -0.05) is 79.1 Å². The van der Waals surface area contributed by atoms with Gasteiger partial charge in [0.05, 0.1) is 25.4 Å². The lowest BCUT2D eigenvalue weighted by Crippen LogP contribution is -2.39. The number of ether oxygens (including phenoxy) is 1. The normalized spacial score (nSPS) is 17.0. The Morgan fingerprint density at radius 1 is 0.870 bits per heavy atom. The molecule has 23 heavy (non-hydrogen) atoms. The molecule has 2 unspecified atom stereocenters. The van der Waals surface area contributed by atoms with Gasteiger partial charge < -0.3 is 14.9 Å². The molecule has 0 heterocycles. The van der Waals surface area contributed by atoms with Crippen molar-refractivity contribution in [2.75, 3.05) is 19.8 Å². The van der Waals surface area contributed by atoms with Gasteiger partial charge in [0.15, 0.2) is 0 Å². The molecule has 0 aromatic carbocycles. The van der Waals surface area contributed by atoms with E-state index >= 15 is 0 Å². The van der Waals surface area contributed by atoms with Crippen LogP contribution in [0, 0.1) is 11.8 Å². The first-order chi connectivity index (χ1) is 11.0. The Hall–Kier alpha value is -0.120. The zero-order valence-electron chi connectivity index (χ0n) is 16.1. The van der Waals surface area contributed by atoms with Gasteiger partial charge in [0.25, 0.3) is 0 Å². The summed E-state index contributed by atoms with van der Waals surface area (Å²) in [5.41, 5.74) is -0.738. The fraction of sp³-hybridized carbons (Fsp3) is 1.00. The second kappa shape index (κ2) is 14.2. The molecule has 0 radical (unpaired) electrons. The quantitative estimate of drug-likeness (QED) is 0.394. The molecule has 0 saturated heterocycles. The second-order valence-corrected chi connectivity index (χ2v) is 7.24. The molecule has 0 saturated carbocycles. The highest BCUT2D eigenvalue weighted by molar-refractivity contribution is 4.84. The smallest absolute Gasteiger partial charge is 0.0885 e. The summed E-state index contributed by atoms with van der Waals surface area (Å²) in [4.78, 5) is 0. The highest BCUT2D eigenvalue weighted by atomic mass is 16.5. The van der Waals surface area contributed by atoms with Gasteiger partial charge in [-0.25, -0.2) is 0 Å². The van der Waals surface area contributed by atoms with Crippen molar-refractivity contribution in [2.24, 2.45) is 11.8 Å². The summed E-state index contributed by atoms with van der Waals surface area (Å²) in [7, 11) is 0. The van der Waals surface area contributed by atoms with E-state index in [9.17, 15) is 5.11 Å². The Labute approximate surface area is 144 Å². The summed E-state index contributed by atoms with van der Waals surface area (Å²) in [5.74, 6) is 1.14. The Kier molecular flexibility index (Phi) is 14.2. The average Bonchev–Trinajstić information content (AvgIpc) is 2.55. The molecule has 3 heteroatoms. The van der Waals surface area contributed by atoms with Crippen LogP contribution in [-0.4, -0.2) is 35.6 Å². The van der Waals surface area contributed by atoms with Crippen LogP contribution in [0.4, 0.5) is 0 Å². The predicted molar refractivity (Wildman–Crippen MR) is 98.7 cm³/mol. The minimum absolute atomic E-state index is 0.0240. The van der Waals surface area contributed by atoms with Gasteiger partial charge in [0.2, 0.25) is 0 Å². The summed E-state index contributed by atoms with van der Waals surface area (Å²) in [6, 6.07) is 0. The van der Waals surface area contributed by atoms with E-state index in [-0.39, 0.29) is 6.61 Å². The van der Waals surface area contributed by atoms with Crippen molar-refractivity contribution in [3.05, 3.63) is 0 Å². The van der Waals surface area contributed by atoms with Crippen molar-refractivity contribution in [3.8, 4) is 0 Å². The molecule has 3 nitrogen and oxygen atoms in total. The predicted octanol–water partition coefficient (Wildman–Crippen LogP) is 4.94. The maximum atomic E-state index is 11.2. The van der Waals surface area contributed by atoms with Crippen molar-refractivity contribution in [3.63, 3.8) is 0 Å². The van der Waals surface area contributed by atoms with Crippen LogP contribution in [0.2, 0.25) is 0 Å². The SMILES string of the molecule is CCCCC(CC)CC(O)(COCCO)CC(CC)CCCC. The summed E-state index contributed by atoms with van der Waals surface area (Å²) in [6.45, 7) is 9.60. The summed E-state index contributed by atoms with van der Waals surface area (Å²) >= 11 is 0. The van der Waals surface area contributed by atoms with Crippen LogP contribution < -0.4 is 0 Å². The summed E-state index contributed by atoms with van der Waals surface area (Å²) in [5, 5.41) is 20.2. The zero-order valence-corrected chi connectivity index (χ0v) is 16.1. The first-order valence-corrected chi connectivity index (χ1v) is 9.96. The van der Waals surface area contributed by atoms with E-state index in [2.05, 4.69) is 27.7 Å². The van der Waals surface area contributed by atoms with Crippen LogP contribution >= 0.6 is 0 Å². The van der Waals surface area contributed by atoms with E-state index in [0.29, 0.717) is 25.0 Å². The fourth-order valence-corrected chi connectivity index (χ4v) is 3.49. The Bertz CT molecular complexity index is 237. The molecule has 0 amide bonds. The molecule has 0 aliphatic rings. The Morgan fingerprint density at radius 2 is 1.35 bits per heavy atom. The molecule has 0 aliphatic heterocycles. The number of aliphatic hydroxyl groups is 2. The fourth-order valence-electron chi connectivity index (χ4n) is 3.49. The molecule has 140 valence electrons. The minimum Gasteiger partial charge on any atom is -0.394 e. The molecule has 2 atom stereocenters. The van der Waals surface area contributed by atoms with E-state index in [4.69, 9.17) is 9.84 Å². The van der Waals surface area contributed by atoms with E-state index in [1.165, 1.54) is 38.5 Å². The summed E-state index contributed by atoms with van der Waals surface area (Å²) < 4.78 is 5.55. The van der Waals surface area contributed by atoms with Gasteiger partial charge in [0, 0.05) is 0 Å². The molecule has 0 aliphatic carbocycles.